The zero-order valence-electron chi connectivity index (χ0n) is 66.1. The van der Waals surface area contributed by atoms with Crippen molar-refractivity contribution in [3.8, 4) is 157 Å². The third-order valence-corrected chi connectivity index (χ3v) is 25.4. The molecular weight excluding hydrogens is 1480 g/mol. The van der Waals surface area contributed by atoms with Crippen LogP contribution in [0.2, 0.25) is 0 Å². The molecule has 4 aliphatic carbocycles. The lowest BCUT2D eigenvalue weighted by Crippen LogP contribution is -2.25. The molecule has 0 aliphatic heterocycles. The molecule has 122 heavy (non-hydrogen) atoms. The smallest absolute Gasteiger partial charge is 0.187 e. The molecule has 18 aromatic carbocycles. The molecule has 2 spiro atoms. The third kappa shape index (κ3) is 11.5. The van der Waals surface area contributed by atoms with Gasteiger partial charge in [0, 0.05) is 33.4 Å². The van der Waals surface area contributed by atoms with E-state index in [0.717, 1.165) is 106 Å². The summed E-state index contributed by atoms with van der Waals surface area (Å²) in [7, 11) is 0. The Bertz CT molecular complexity index is 7520. The fourth-order valence-electron chi connectivity index (χ4n) is 19.8. The Balaban J connectivity index is 0.000000142. The second kappa shape index (κ2) is 28.8. The maximum atomic E-state index is 7.95. The summed E-state index contributed by atoms with van der Waals surface area (Å²) < 4.78 is 0. The van der Waals surface area contributed by atoms with Crippen LogP contribution in [0.15, 0.2) is 425 Å². The standard InChI is InChI=1S/C60H37N3.C56H33N3/c1-61-48-30-31-51-52-36-44(29-32-55(52)60(56(51)37-48)53-23-13-11-21-49(53)50-22-12-14-24-54(50)60)41-25-27-43(28-26-41)59-62-57(42-19-9-4-10-20-42)38-58(63-59)47-34-45(39-15-5-2-6-16-39)33-46(35-47)40-17-7-3-8-18-40;1-57-44-27-28-47-48-32-41(26-29-51(48)56(52(47)33-44)49-16-8-6-14-45(49)46-15-7-9-17-50(46)56)37-18-22-38(23-19-37)53-34-54(42-24-20-35-10-2-4-12-39(35)30-42)59-55(58-53)43-25-21-36-11-3-5-13-40(36)31-43/h2-38H;2-34H. The second-order valence-electron chi connectivity index (χ2n) is 32.0. The van der Waals surface area contributed by atoms with Gasteiger partial charge in [0.15, 0.2) is 23.0 Å². The SMILES string of the molecule is [C-]#[N+]c1ccc2c(c1)C1(c3ccccc3-c3ccccc31)c1ccc(-c3ccc(-c4cc(-c5ccc6ccccc6c5)nc(-c5ccc6ccccc6c5)n4)cc3)cc1-2.[C-]#[N+]c1ccc2c(c1)C1(c3ccccc3-c3ccccc31)c1ccc(-c3ccc(-c4nc(-c5ccccc5)cc(-c5cc(-c6ccccc6)cc(-c6ccccc6)c5)n4)cc3)cc1-2. The molecule has 0 fully saturated rings. The lowest BCUT2D eigenvalue weighted by molar-refractivity contribution is 0.794. The summed E-state index contributed by atoms with van der Waals surface area (Å²) in [6, 6.07) is 151. The molecule has 0 bridgehead atoms. The topological polar surface area (TPSA) is 60.3 Å². The molecule has 0 amide bonds. The zero-order chi connectivity index (χ0) is 81.0. The summed E-state index contributed by atoms with van der Waals surface area (Å²) >= 11 is 0. The Morgan fingerprint density at radius 1 is 0.164 bits per heavy atom. The quantitative estimate of drug-likeness (QED) is 0.128. The van der Waals surface area contributed by atoms with Crippen LogP contribution < -0.4 is 0 Å². The van der Waals surface area contributed by atoms with Crippen LogP contribution >= 0.6 is 0 Å². The van der Waals surface area contributed by atoms with Crippen LogP contribution in [0.5, 0.6) is 0 Å². The van der Waals surface area contributed by atoms with Crippen LogP contribution in [0, 0.1) is 13.1 Å². The highest BCUT2D eigenvalue weighted by Gasteiger charge is 2.53. The van der Waals surface area contributed by atoms with Crippen molar-refractivity contribution in [1.82, 2.24) is 19.9 Å². The van der Waals surface area contributed by atoms with Gasteiger partial charge in [0.1, 0.15) is 0 Å². The zero-order valence-corrected chi connectivity index (χ0v) is 66.1. The van der Waals surface area contributed by atoms with Crippen molar-refractivity contribution in [2.45, 2.75) is 10.8 Å². The van der Waals surface area contributed by atoms with E-state index in [-0.39, 0.29) is 0 Å². The normalized spacial score (nSPS) is 12.7. The van der Waals surface area contributed by atoms with E-state index < -0.39 is 10.8 Å². The second-order valence-corrected chi connectivity index (χ2v) is 32.0. The Hall–Kier alpha value is -16.4. The Labute approximate surface area is 707 Å². The minimum atomic E-state index is -0.498. The highest BCUT2D eigenvalue weighted by atomic mass is 14.9. The fraction of sp³-hybridized carbons (Fsp3) is 0.0172. The molecule has 0 unspecified atom stereocenters. The maximum Gasteiger partial charge on any atom is 0.187 e. The molecule has 0 N–H and O–H groups in total. The number of fused-ring (bicyclic) bond motifs is 22. The lowest BCUT2D eigenvalue weighted by atomic mass is 9.70. The van der Waals surface area contributed by atoms with Gasteiger partial charge < -0.3 is 0 Å². The molecule has 0 atom stereocenters. The first-order chi connectivity index (χ1) is 60.3. The van der Waals surface area contributed by atoms with Gasteiger partial charge in [0.25, 0.3) is 0 Å². The Morgan fingerprint density at radius 2 is 0.459 bits per heavy atom. The summed E-state index contributed by atoms with van der Waals surface area (Å²) in [5.74, 6) is 1.37. The van der Waals surface area contributed by atoms with Crippen LogP contribution in [-0.4, -0.2) is 19.9 Å². The van der Waals surface area contributed by atoms with Crippen molar-refractivity contribution >= 4 is 32.9 Å². The number of hydrogen-bond acceptors (Lipinski definition) is 4. The summed E-state index contributed by atoms with van der Waals surface area (Å²) in [5.41, 5.74) is 38.7. The van der Waals surface area contributed by atoms with Crippen molar-refractivity contribution in [2.75, 3.05) is 0 Å². The van der Waals surface area contributed by atoms with Gasteiger partial charge in [-0.2, -0.15) is 0 Å². The minimum absolute atomic E-state index is 0.487. The molecule has 20 aromatic rings. The van der Waals surface area contributed by atoms with E-state index in [1.807, 2.05) is 18.2 Å². The molecule has 564 valence electrons. The molecule has 0 saturated carbocycles. The monoisotopic (exact) mass is 1550 g/mol. The molecule has 2 aromatic heterocycles. The van der Waals surface area contributed by atoms with Gasteiger partial charge in [-0.3, -0.25) is 0 Å². The van der Waals surface area contributed by atoms with Crippen LogP contribution in [0.25, 0.3) is 188 Å². The predicted molar refractivity (Wildman–Crippen MR) is 499 cm³/mol. The molecule has 0 saturated heterocycles. The molecule has 0 radical (unpaired) electrons. The summed E-state index contributed by atoms with van der Waals surface area (Å²) in [6.07, 6.45) is 0. The van der Waals surface area contributed by atoms with Gasteiger partial charge in [0.2, 0.25) is 0 Å². The van der Waals surface area contributed by atoms with E-state index >= 15 is 0 Å². The summed E-state index contributed by atoms with van der Waals surface area (Å²) in [6.45, 7) is 15.9. The largest absolute Gasteiger partial charge is 0.238 e. The first kappa shape index (κ1) is 71.0. The Kier molecular flexibility index (Phi) is 16.7. The van der Waals surface area contributed by atoms with E-state index in [2.05, 4.69) is 416 Å². The van der Waals surface area contributed by atoms with Gasteiger partial charge in [0.05, 0.1) is 46.7 Å². The van der Waals surface area contributed by atoms with Gasteiger partial charge in [-0.05, 0) is 210 Å². The van der Waals surface area contributed by atoms with E-state index in [1.54, 1.807) is 0 Å². The van der Waals surface area contributed by atoms with Crippen LogP contribution in [-0.2, 0) is 10.8 Å². The predicted octanol–water partition coefficient (Wildman–Crippen LogP) is 29.7. The maximum absolute atomic E-state index is 7.95. The van der Waals surface area contributed by atoms with E-state index in [1.165, 1.54) is 105 Å². The Morgan fingerprint density at radius 3 is 0.902 bits per heavy atom. The van der Waals surface area contributed by atoms with Crippen LogP contribution in [0.1, 0.15) is 44.5 Å². The highest BCUT2D eigenvalue weighted by Crippen LogP contribution is 2.66. The van der Waals surface area contributed by atoms with Crippen molar-refractivity contribution in [2.24, 2.45) is 0 Å². The number of aromatic nitrogens is 4. The van der Waals surface area contributed by atoms with E-state index in [9.17, 15) is 0 Å². The number of rotatable bonds is 10. The van der Waals surface area contributed by atoms with Gasteiger partial charge >= 0.3 is 0 Å². The highest BCUT2D eigenvalue weighted by molar-refractivity contribution is 6.00. The van der Waals surface area contributed by atoms with E-state index in [4.69, 9.17) is 33.1 Å². The third-order valence-electron chi connectivity index (χ3n) is 25.4. The average Bonchev–Trinajstić information content (AvgIpc) is 1.51. The first-order valence-corrected chi connectivity index (χ1v) is 41.3. The van der Waals surface area contributed by atoms with Gasteiger partial charge in [-0.15, -0.1) is 0 Å². The van der Waals surface area contributed by atoms with Crippen molar-refractivity contribution in [3.63, 3.8) is 0 Å². The summed E-state index contributed by atoms with van der Waals surface area (Å²) in [4.78, 5) is 28.7. The number of benzene rings is 18. The fourth-order valence-corrected chi connectivity index (χ4v) is 19.8. The molecule has 24 rings (SSSR count). The van der Waals surface area contributed by atoms with E-state index in [0.29, 0.717) is 23.0 Å². The molecule has 6 heteroatoms. The van der Waals surface area contributed by atoms with Gasteiger partial charge in [-0.25, -0.2) is 29.6 Å². The molecule has 4 aliphatic rings. The number of hydrogen-bond donors (Lipinski definition) is 0. The molecular formula is C116H70N6. The molecule has 6 nitrogen and oxygen atoms in total. The lowest BCUT2D eigenvalue weighted by Gasteiger charge is -2.30. The molecule has 2 heterocycles. The van der Waals surface area contributed by atoms with Crippen LogP contribution in [0.4, 0.5) is 11.4 Å². The average molecular weight is 1550 g/mol. The van der Waals surface area contributed by atoms with Gasteiger partial charge in [-0.1, -0.05) is 370 Å². The minimum Gasteiger partial charge on any atom is -0.238 e. The van der Waals surface area contributed by atoms with Crippen molar-refractivity contribution in [3.05, 3.63) is 492 Å². The van der Waals surface area contributed by atoms with Crippen molar-refractivity contribution < 1.29 is 0 Å². The van der Waals surface area contributed by atoms with Crippen LogP contribution in [0.3, 0.4) is 0 Å². The first-order valence-electron chi connectivity index (χ1n) is 41.3. The summed E-state index contributed by atoms with van der Waals surface area (Å²) in [5, 5.41) is 4.73. The number of nitrogens with zero attached hydrogens (tertiary/aromatic N) is 6. The van der Waals surface area contributed by atoms with Crippen molar-refractivity contribution in [1.29, 1.82) is 0 Å².